The molecule has 0 aliphatic heterocycles. The van der Waals surface area contributed by atoms with E-state index in [0.717, 1.165) is 18.4 Å². The summed E-state index contributed by atoms with van der Waals surface area (Å²) >= 11 is 5.94. The Balaban J connectivity index is 1.23. The van der Waals surface area contributed by atoms with Crippen LogP contribution in [-0.4, -0.2) is 20.7 Å². The average Bonchev–Trinajstić information content (AvgIpc) is 3.34. The van der Waals surface area contributed by atoms with Crippen LogP contribution in [0.4, 0.5) is 5.69 Å². The van der Waals surface area contributed by atoms with Crippen molar-refractivity contribution in [3.05, 3.63) is 77.7 Å². The zero-order chi connectivity index (χ0) is 20.1. The van der Waals surface area contributed by atoms with Gasteiger partial charge in [-0.15, -0.1) is 0 Å². The van der Waals surface area contributed by atoms with Crippen LogP contribution < -0.4 is 10.1 Å². The molecule has 4 aromatic rings. The Morgan fingerprint density at radius 3 is 3.00 bits per heavy atom. The fraction of sp³-hybridized carbons (Fsp3) is 0.182. The summed E-state index contributed by atoms with van der Waals surface area (Å²) in [7, 11) is 0. The number of anilines is 1. The molecule has 0 unspecified atom stereocenters. The average molecular weight is 409 g/mol. The number of aryl methyl sites for hydroxylation is 1. The van der Waals surface area contributed by atoms with Gasteiger partial charge in [-0.2, -0.15) is 5.10 Å². The number of fused-ring (bicyclic) bond motifs is 1. The number of benzene rings is 2. The number of hydrogen-bond donors (Lipinski definition) is 2. The monoisotopic (exact) mass is 408 g/mol. The van der Waals surface area contributed by atoms with E-state index in [0.29, 0.717) is 22.9 Å². The third kappa shape index (κ3) is 4.97. The molecule has 0 aliphatic rings. The maximum atomic E-state index is 12.2. The number of carbonyl (C=O) groups excluding carboxylic acids is 1. The molecule has 2 aromatic heterocycles. The third-order valence-corrected chi connectivity index (χ3v) is 4.84. The van der Waals surface area contributed by atoms with E-state index in [-0.39, 0.29) is 12.6 Å². The summed E-state index contributed by atoms with van der Waals surface area (Å²) in [5.74, 6) is 0.635. The molecule has 6 nitrogen and oxygen atoms in total. The fourth-order valence-electron chi connectivity index (χ4n) is 3.20. The first-order valence-electron chi connectivity index (χ1n) is 9.43. The largest absolute Gasteiger partial charge is 0.471 e. The Kier molecular flexibility index (Phi) is 5.81. The van der Waals surface area contributed by atoms with E-state index in [1.165, 1.54) is 10.9 Å². The molecule has 2 heterocycles. The minimum Gasteiger partial charge on any atom is -0.471 e. The number of carbonyl (C=O) groups is 1. The molecule has 4 rings (SSSR count). The predicted molar refractivity (Wildman–Crippen MR) is 114 cm³/mol. The molecule has 0 aliphatic carbocycles. The van der Waals surface area contributed by atoms with Crippen molar-refractivity contribution in [1.29, 1.82) is 0 Å². The topological polar surface area (TPSA) is 71.9 Å². The minimum absolute atomic E-state index is 0.0276. The van der Waals surface area contributed by atoms with Crippen LogP contribution in [0.3, 0.4) is 0 Å². The molecule has 2 N–H and O–H groups in total. The lowest BCUT2D eigenvalue weighted by atomic mass is 10.1. The first-order chi connectivity index (χ1) is 14.2. The summed E-state index contributed by atoms with van der Waals surface area (Å²) < 4.78 is 7.25. The lowest BCUT2D eigenvalue weighted by molar-refractivity contribution is -0.116. The molecule has 1 amide bonds. The molecule has 0 bridgehead atoms. The molecule has 0 radical (unpaired) electrons. The Labute approximate surface area is 173 Å². The lowest BCUT2D eigenvalue weighted by Gasteiger charge is -2.06. The SMILES string of the molecule is O=C(CCCc1c[nH]c2ccccc12)Nc1cnn(COc2cccc(Cl)c2)c1. The highest BCUT2D eigenvalue weighted by Crippen LogP contribution is 2.20. The number of aromatic nitrogens is 3. The maximum Gasteiger partial charge on any atom is 0.224 e. The van der Waals surface area contributed by atoms with Gasteiger partial charge >= 0.3 is 0 Å². The smallest absolute Gasteiger partial charge is 0.224 e. The Hall–Kier alpha value is -3.25. The molecule has 0 spiro atoms. The lowest BCUT2D eigenvalue weighted by Crippen LogP contribution is -2.11. The van der Waals surface area contributed by atoms with E-state index >= 15 is 0 Å². The van der Waals surface area contributed by atoms with Gasteiger partial charge in [-0.05, 0) is 42.7 Å². The second kappa shape index (κ2) is 8.84. The summed E-state index contributed by atoms with van der Waals surface area (Å²) in [6, 6.07) is 15.4. The van der Waals surface area contributed by atoms with Gasteiger partial charge in [-0.3, -0.25) is 4.79 Å². The number of nitrogens with one attached hydrogen (secondary N) is 2. The quantitative estimate of drug-likeness (QED) is 0.430. The van der Waals surface area contributed by atoms with Crippen molar-refractivity contribution in [3.63, 3.8) is 0 Å². The number of ether oxygens (including phenoxy) is 1. The second-order valence-corrected chi connectivity index (χ2v) is 7.20. The van der Waals surface area contributed by atoms with Crippen LogP contribution in [0.15, 0.2) is 67.1 Å². The van der Waals surface area contributed by atoms with Crippen molar-refractivity contribution in [2.45, 2.75) is 26.0 Å². The van der Waals surface area contributed by atoms with Gasteiger partial charge in [-0.1, -0.05) is 35.9 Å². The molecule has 0 fully saturated rings. The van der Waals surface area contributed by atoms with Crippen LogP contribution in [0.5, 0.6) is 5.75 Å². The summed E-state index contributed by atoms with van der Waals surface area (Å²) in [6.07, 6.45) is 7.45. The van der Waals surface area contributed by atoms with Crippen LogP contribution in [0, 0.1) is 0 Å². The van der Waals surface area contributed by atoms with E-state index in [4.69, 9.17) is 16.3 Å². The highest BCUT2D eigenvalue weighted by atomic mass is 35.5. The van der Waals surface area contributed by atoms with Crippen LogP contribution in [-0.2, 0) is 17.9 Å². The summed E-state index contributed by atoms with van der Waals surface area (Å²) in [6.45, 7) is 0.233. The Bertz CT molecular complexity index is 1120. The van der Waals surface area contributed by atoms with Crippen molar-refractivity contribution < 1.29 is 9.53 Å². The van der Waals surface area contributed by atoms with Crippen LogP contribution in [0.25, 0.3) is 10.9 Å². The maximum absolute atomic E-state index is 12.2. The van der Waals surface area contributed by atoms with Crippen molar-refractivity contribution in [2.75, 3.05) is 5.32 Å². The van der Waals surface area contributed by atoms with Gasteiger partial charge in [0.05, 0.1) is 18.1 Å². The Morgan fingerprint density at radius 2 is 2.10 bits per heavy atom. The number of rotatable bonds is 8. The number of para-hydroxylation sites is 1. The van der Waals surface area contributed by atoms with Crippen LogP contribution in [0.2, 0.25) is 5.02 Å². The Morgan fingerprint density at radius 1 is 1.21 bits per heavy atom. The summed E-state index contributed by atoms with van der Waals surface area (Å²) in [5.41, 5.74) is 3.01. The van der Waals surface area contributed by atoms with E-state index in [9.17, 15) is 4.79 Å². The first-order valence-corrected chi connectivity index (χ1v) is 9.81. The molecule has 0 atom stereocenters. The highest BCUT2D eigenvalue weighted by molar-refractivity contribution is 6.30. The van der Waals surface area contributed by atoms with Crippen molar-refractivity contribution in [1.82, 2.24) is 14.8 Å². The minimum atomic E-state index is -0.0276. The fourth-order valence-corrected chi connectivity index (χ4v) is 3.38. The number of halogens is 1. The third-order valence-electron chi connectivity index (χ3n) is 4.60. The van der Waals surface area contributed by atoms with Gasteiger partial charge in [0.2, 0.25) is 5.91 Å². The standard InChI is InChI=1S/C22H21ClN4O2/c23-17-6-4-7-19(11-17)29-15-27-14-18(13-25-27)26-22(28)10-3-5-16-12-24-21-9-2-1-8-20(16)21/h1-2,4,6-9,11-14,24H,3,5,10,15H2,(H,26,28). The number of H-pyrrole nitrogens is 1. The molecule has 2 aromatic carbocycles. The van der Waals surface area contributed by atoms with Gasteiger partial charge in [0.1, 0.15) is 5.75 Å². The van der Waals surface area contributed by atoms with Crippen molar-refractivity contribution in [3.8, 4) is 5.75 Å². The van der Waals surface area contributed by atoms with Crippen molar-refractivity contribution in [2.24, 2.45) is 0 Å². The zero-order valence-electron chi connectivity index (χ0n) is 15.8. The second-order valence-electron chi connectivity index (χ2n) is 6.76. The van der Waals surface area contributed by atoms with E-state index in [1.54, 1.807) is 29.2 Å². The molecular formula is C22H21ClN4O2. The normalized spacial score (nSPS) is 10.9. The number of hydrogen-bond acceptors (Lipinski definition) is 3. The molecule has 148 valence electrons. The predicted octanol–water partition coefficient (Wildman–Crippen LogP) is 5.02. The first kappa shape index (κ1) is 19.1. The van der Waals surface area contributed by atoms with E-state index < -0.39 is 0 Å². The van der Waals surface area contributed by atoms with Gasteiger partial charge in [0.15, 0.2) is 6.73 Å². The molecule has 7 heteroatoms. The van der Waals surface area contributed by atoms with Crippen LogP contribution in [0.1, 0.15) is 18.4 Å². The molecule has 0 saturated carbocycles. The van der Waals surface area contributed by atoms with Gasteiger partial charge in [0.25, 0.3) is 0 Å². The molecule has 0 saturated heterocycles. The van der Waals surface area contributed by atoms with Gasteiger partial charge in [-0.25, -0.2) is 4.68 Å². The van der Waals surface area contributed by atoms with Gasteiger partial charge < -0.3 is 15.0 Å². The number of aromatic amines is 1. The van der Waals surface area contributed by atoms with E-state index in [1.807, 2.05) is 30.5 Å². The molecular weight excluding hydrogens is 388 g/mol. The van der Waals surface area contributed by atoms with Gasteiger partial charge in [0, 0.05) is 28.5 Å². The highest BCUT2D eigenvalue weighted by Gasteiger charge is 2.07. The zero-order valence-corrected chi connectivity index (χ0v) is 16.5. The number of amides is 1. The summed E-state index contributed by atoms with van der Waals surface area (Å²) in [5, 5.41) is 8.91. The molecule has 29 heavy (non-hydrogen) atoms. The summed E-state index contributed by atoms with van der Waals surface area (Å²) in [4.78, 5) is 15.5. The van der Waals surface area contributed by atoms with Crippen molar-refractivity contribution >= 4 is 34.1 Å². The van der Waals surface area contributed by atoms with E-state index in [2.05, 4.69) is 27.5 Å². The van der Waals surface area contributed by atoms with Crippen LogP contribution >= 0.6 is 11.6 Å². The number of nitrogens with zero attached hydrogens (tertiary/aromatic N) is 2.